The lowest BCUT2D eigenvalue weighted by Gasteiger charge is -2.12. The number of ether oxygens (including phenoxy) is 2. The van der Waals surface area contributed by atoms with Crippen LogP contribution in [0.25, 0.3) is 6.08 Å². The molecule has 0 unspecified atom stereocenters. The summed E-state index contributed by atoms with van der Waals surface area (Å²) in [5.41, 5.74) is 1.52. The summed E-state index contributed by atoms with van der Waals surface area (Å²) in [7, 11) is 1.57. The lowest BCUT2D eigenvalue weighted by atomic mass is 10.2. The zero-order chi connectivity index (χ0) is 21.7. The van der Waals surface area contributed by atoms with Crippen LogP contribution >= 0.6 is 46.6 Å². The van der Waals surface area contributed by atoms with Crippen LogP contribution in [0.2, 0.25) is 15.1 Å². The van der Waals surface area contributed by atoms with Crippen molar-refractivity contribution < 1.29 is 19.1 Å². The SMILES string of the molecule is COCCCN1C(=O)S/C(=C/c2cc(Cl)c(OCc3ccc(Cl)cc3)c(Cl)c2)C1=O. The topological polar surface area (TPSA) is 55.8 Å². The Kier molecular flexibility index (Phi) is 8.08. The molecule has 5 nitrogen and oxygen atoms in total. The number of imide groups is 1. The Hall–Kier alpha value is -1.70. The minimum atomic E-state index is -0.337. The van der Waals surface area contributed by atoms with Crippen LogP contribution in [0.4, 0.5) is 4.79 Å². The van der Waals surface area contributed by atoms with Gasteiger partial charge in [-0.2, -0.15) is 0 Å². The van der Waals surface area contributed by atoms with E-state index in [1.807, 2.05) is 12.1 Å². The lowest BCUT2D eigenvalue weighted by Crippen LogP contribution is -2.29. The second-order valence-electron chi connectivity index (χ2n) is 6.41. The minimum absolute atomic E-state index is 0.274. The van der Waals surface area contributed by atoms with Crippen molar-refractivity contribution in [2.75, 3.05) is 20.3 Å². The summed E-state index contributed by atoms with van der Waals surface area (Å²) in [6.07, 6.45) is 2.18. The number of carbonyl (C=O) groups excluding carboxylic acids is 2. The Balaban J connectivity index is 1.72. The van der Waals surface area contributed by atoms with Crippen molar-refractivity contribution in [3.8, 4) is 5.75 Å². The highest BCUT2D eigenvalue weighted by molar-refractivity contribution is 8.18. The molecule has 1 aliphatic rings. The first-order valence-electron chi connectivity index (χ1n) is 8.99. The van der Waals surface area contributed by atoms with E-state index in [1.54, 1.807) is 37.5 Å². The average Bonchev–Trinajstić information content (AvgIpc) is 2.96. The quantitative estimate of drug-likeness (QED) is 0.324. The summed E-state index contributed by atoms with van der Waals surface area (Å²) in [6, 6.07) is 10.5. The van der Waals surface area contributed by atoms with Crippen LogP contribution in [0, 0.1) is 0 Å². The van der Waals surface area contributed by atoms with E-state index >= 15 is 0 Å². The fourth-order valence-electron chi connectivity index (χ4n) is 2.75. The number of thioether (sulfide) groups is 1. The third kappa shape index (κ3) is 5.71. The number of amides is 2. The fraction of sp³-hybridized carbons (Fsp3) is 0.238. The molecular weight excluding hydrogens is 469 g/mol. The summed E-state index contributed by atoms with van der Waals surface area (Å²) in [5.74, 6) is 0.00881. The normalized spacial score (nSPS) is 15.3. The van der Waals surface area contributed by atoms with Gasteiger partial charge in [-0.3, -0.25) is 14.5 Å². The van der Waals surface area contributed by atoms with Crippen molar-refractivity contribution in [2.45, 2.75) is 13.0 Å². The second-order valence-corrected chi connectivity index (χ2v) is 8.65. The number of halogens is 3. The van der Waals surface area contributed by atoms with Crippen molar-refractivity contribution in [3.05, 3.63) is 67.5 Å². The molecule has 30 heavy (non-hydrogen) atoms. The van der Waals surface area contributed by atoms with Crippen LogP contribution in [0.15, 0.2) is 41.3 Å². The number of methoxy groups -OCH3 is 1. The average molecular weight is 487 g/mol. The van der Waals surface area contributed by atoms with Crippen molar-refractivity contribution >= 4 is 63.8 Å². The molecule has 3 rings (SSSR count). The van der Waals surface area contributed by atoms with E-state index in [1.165, 1.54) is 4.90 Å². The van der Waals surface area contributed by atoms with E-state index < -0.39 is 0 Å². The first-order valence-corrected chi connectivity index (χ1v) is 10.9. The molecule has 1 fully saturated rings. The van der Waals surface area contributed by atoms with Gasteiger partial charge in [0.15, 0.2) is 5.75 Å². The number of hydrogen-bond donors (Lipinski definition) is 0. The maximum absolute atomic E-state index is 12.5. The van der Waals surface area contributed by atoms with Crippen molar-refractivity contribution in [1.82, 2.24) is 4.90 Å². The van der Waals surface area contributed by atoms with Crippen molar-refractivity contribution in [3.63, 3.8) is 0 Å². The van der Waals surface area contributed by atoms with Crippen LogP contribution in [0.3, 0.4) is 0 Å². The van der Waals surface area contributed by atoms with E-state index in [9.17, 15) is 9.59 Å². The molecule has 1 saturated heterocycles. The maximum atomic E-state index is 12.5. The standard InChI is InChI=1S/C21H18Cl3NO4S/c1-28-8-2-7-25-20(26)18(30-21(25)27)11-14-9-16(23)19(17(24)10-14)29-12-13-3-5-15(22)6-4-13/h3-6,9-11H,2,7-8,12H2,1H3/b18-11+. The molecule has 1 aliphatic heterocycles. The smallest absolute Gasteiger partial charge is 0.293 e. The van der Waals surface area contributed by atoms with Crippen molar-refractivity contribution in [1.29, 1.82) is 0 Å². The molecule has 0 radical (unpaired) electrons. The molecule has 2 amide bonds. The van der Waals surface area contributed by atoms with Gasteiger partial charge in [0, 0.05) is 25.3 Å². The summed E-state index contributed by atoms with van der Waals surface area (Å²) in [5, 5.41) is 0.953. The largest absolute Gasteiger partial charge is 0.486 e. The highest BCUT2D eigenvalue weighted by Crippen LogP contribution is 2.37. The van der Waals surface area contributed by atoms with E-state index in [-0.39, 0.29) is 17.8 Å². The number of carbonyl (C=O) groups is 2. The molecule has 0 spiro atoms. The molecule has 0 aliphatic carbocycles. The molecule has 1 heterocycles. The van der Waals surface area contributed by atoms with Crippen LogP contribution in [0.1, 0.15) is 17.5 Å². The van der Waals surface area contributed by atoms with Gasteiger partial charge >= 0.3 is 0 Å². The third-order valence-electron chi connectivity index (χ3n) is 4.22. The monoisotopic (exact) mass is 485 g/mol. The summed E-state index contributed by atoms with van der Waals surface area (Å²) < 4.78 is 10.7. The Bertz CT molecular complexity index is 956. The third-order valence-corrected chi connectivity index (χ3v) is 5.94. The van der Waals surface area contributed by atoms with E-state index in [0.29, 0.717) is 50.9 Å². The minimum Gasteiger partial charge on any atom is -0.486 e. The van der Waals surface area contributed by atoms with E-state index in [2.05, 4.69) is 0 Å². The first-order chi connectivity index (χ1) is 14.4. The zero-order valence-electron chi connectivity index (χ0n) is 16.0. The van der Waals surface area contributed by atoms with Crippen LogP contribution in [0.5, 0.6) is 5.75 Å². The zero-order valence-corrected chi connectivity index (χ0v) is 19.1. The van der Waals surface area contributed by atoms with Gasteiger partial charge in [0.05, 0.1) is 15.0 Å². The van der Waals surface area contributed by atoms with Gasteiger partial charge in [0.1, 0.15) is 6.61 Å². The molecular formula is C21H18Cl3NO4S. The molecule has 158 valence electrons. The van der Waals surface area contributed by atoms with Crippen LogP contribution < -0.4 is 4.74 Å². The Morgan fingerprint density at radius 3 is 2.37 bits per heavy atom. The number of rotatable bonds is 8. The molecule has 2 aromatic carbocycles. The Morgan fingerprint density at radius 2 is 1.73 bits per heavy atom. The van der Waals surface area contributed by atoms with E-state index in [0.717, 1.165) is 17.3 Å². The molecule has 0 aromatic heterocycles. The summed E-state index contributed by atoms with van der Waals surface area (Å²) in [6.45, 7) is 1.06. The van der Waals surface area contributed by atoms with Gasteiger partial charge in [0.2, 0.25) is 0 Å². The maximum Gasteiger partial charge on any atom is 0.293 e. The van der Waals surface area contributed by atoms with Gasteiger partial charge in [-0.15, -0.1) is 0 Å². The van der Waals surface area contributed by atoms with Gasteiger partial charge in [-0.05, 0) is 59.7 Å². The van der Waals surface area contributed by atoms with Crippen LogP contribution in [-0.4, -0.2) is 36.3 Å². The van der Waals surface area contributed by atoms with E-state index in [4.69, 9.17) is 44.3 Å². The van der Waals surface area contributed by atoms with Crippen LogP contribution in [-0.2, 0) is 16.1 Å². The highest BCUT2D eigenvalue weighted by atomic mass is 35.5. The number of benzene rings is 2. The summed E-state index contributed by atoms with van der Waals surface area (Å²) >= 11 is 19.5. The molecule has 0 atom stereocenters. The number of hydrogen-bond acceptors (Lipinski definition) is 5. The van der Waals surface area contributed by atoms with Gasteiger partial charge in [0.25, 0.3) is 11.1 Å². The Labute approximate surface area is 193 Å². The predicted molar refractivity (Wildman–Crippen MR) is 121 cm³/mol. The molecule has 0 bridgehead atoms. The molecule has 9 heteroatoms. The first kappa shape index (κ1) is 23.0. The molecule has 2 aromatic rings. The Morgan fingerprint density at radius 1 is 1.07 bits per heavy atom. The lowest BCUT2D eigenvalue weighted by molar-refractivity contribution is -0.122. The second kappa shape index (κ2) is 10.6. The highest BCUT2D eigenvalue weighted by Gasteiger charge is 2.34. The fourth-order valence-corrected chi connectivity index (χ4v) is 4.35. The summed E-state index contributed by atoms with van der Waals surface area (Å²) in [4.78, 5) is 26.2. The number of nitrogens with zero attached hydrogens (tertiary/aromatic N) is 1. The van der Waals surface area contributed by atoms with Crippen molar-refractivity contribution in [2.24, 2.45) is 0 Å². The molecule has 0 N–H and O–H groups in total. The predicted octanol–water partition coefficient (Wildman–Crippen LogP) is 6.30. The van der Waals surface area contributed by atoms with Gasteiger partial charge in [-0.1, -0.05) is 46.9 Å². The van der Waals surface area contributed by atoms with Gasteiger partial charge < -0.3 is 9.47 Å². The van der Waals surface area contributed by atoms with Gasteiger partial charge in [-0.25, -0.2) is 0 Å². The molecule has 0 saturated carbocycles.